The molecule has 0 atom stereocenters. The summed E-state index contributed by atoms with van der Waals surface area (Å²) in [6.45, 7) is 0. The van der Waals surface area contributed by atoms with Gasteiger partial charge in [0, 0.05) is 0 Å². The summed E-state index contributed by atoms with van der Waals surface area (Å²) in [5, 5.41) is 9.96. The number of thiol groups is 1. The van der Waals surface area contributed by atoms with E-state index in [4.69, 9.17) is 0 Å². The van der Waals surface area contributed by atoms with Crippen molar-refractivity contribution in [3.8, 4) is 0 Å². The van der Waals surface area contributed by atoms with Crippen molar-refractivity contribution in [3.63, 3.8) is 0 Å². The molecule has 3 nitrogen and oxygen atoms in total. The predicted octanol–water partition coefficient (Wildman–Crippen LogP) is -1.20. The Kier molecular flexibility index (Phi) is 10.1. The Labute approximate surface area is 97.0 Å². The van der Waals surface area contributed by atoms with Crippen LogP contribution in [0.25, 0.3) is 0 Å². The molecule has 1 rings (SSSR count). The molecule has 0 aliphatic rings. The van der Waals surface area contributed by atoms with Gasteiger partial charge in [0.15, 0.2) is 0 Å². The Hall–Kier alpha value is 1.49. The molecule has 0 spiro atoms. The molecular formula is C2H5N3Na2S. The standard InChI is InChI=1S/C2H3N3S.2Na.2H/c6-2-1-3-5-4-2;;;;/h1H,(H2,3,4,5,6);;;;. The van der Waals surface area contributed by atoms with Crippen molar-refractivity contribution in [2.45, 2.75) is 5.03 Å². The second kappa shape index (κ2) is 6.61. The second-order valence-corrected chi connectivity index (χ2v) is 1.29. The average molecular weight is 149 g/mol. The molecule has 0 aliphatic heterocycles. The van der Waals surface area contributed by atoms with Crippen molar-refractivity contribution in [2.24, 2.45) is 0 Å². The normalized spacial score (nSPS) is 6.62. The molecule has 0 bridgehead atoms. The second-order valence-electron chi connectivity index (χ2n) is 0.832. The quantitative estimate of drug-likeness (QED) is 0.359. The summed E-state index contributed by atoms with van der Waals surface area (Å²) in [5.74, 6) is 0. The van der Waals surface area contributed by atoms with Crippen LogP contribution in [-0.4, -0.2) is 74.5 Å². The Balaban J connectivity index is 0. The third-order valence-corrected chi connectivity index (χ3v) is 0.622. The first kappa shape index (κ1) is 12.2. The molecule has 0 saturated heterocycles. The van der Waals surface area contributed by atoms with Gasteiger partial charge in [0.2, 0.25) is 0 Å². The van der Waals surface area contributed by atoms with Gasteiger partial charge >= 0.3 is 59.1 Å². The summed E-state index contributed by atoms with van der Waals surface area (Å²) in [6.07, 6.45) is 1.60. The summed E-state index contributed by atoms with van der Waals surface area (Å²) < 4.78 is 0. The van der Waals surface area contributed by atoms with E-state index >= 15 is 0 Å². The molecule has 1 N–H and O–H groups in total. The Morgan fingerprint density at radius 1 is 1.50 bits per heavy atom. The topological polar surface area (TPSA) is 41.6 Å². The number of aromatic amines is 1. The molecule has 36 valence electrons. The Morgan fingerprint density at radius 3 is 2.25 bits per heavy atom. The Morgan fingerprint density at radius 2 is 2.12 bits per heavy atom. The van der Waals surface area contributed by atoms with Gasteiger partial charge in [0.05, 0.1) is 6.20 Å². The van der Waals surface area contributed by atoms with E-state index in [1.807, 2.05) is 0 Å². The maximum absolute atomic E-state index is 3.83. The van der Waals surface area contributed by atoms with Crippen LogP contribution in [0, 0.1) is 0 Å². The first-order valence-corrected chi connectivity index (χ1v) is 1.90. The van der Waals surface area contributed by atoms with Crippen molar-refractivity contribution >= 4 is 71.7 Å². The molecule has 0 radical (unpaired) electrons. The molecule has 1 aromatic heterocycles. The minimum atomic E-state index is 0. The fraction of sp³-hybridized carbons (Fsp3) is 0. The molecular weight excluding hydrogens is 144 g/mol. The number of aromatic nitrogens is 3. The zero-order chi connectivity index (χ0) is 4.41. The fourth-order valence-corrected chi connectivity index (χ4v) is 0.298. The van der Waals surface area contributed by atoms with Crippen molar-refractivity contribution in [3.05, 3.63) is 6.20 Å². The molecule has 0 fully saturated rings. The van der Waals surface area contributed by atoms with Crippen LogP contribution < -0.4 is 0 Å². The van der Waals surface area contributed by atoms with Gasteiger partial charge < -0.3 is 0 Å². The van der Waals surface area contributed by atoms with Crippen molar-refractivity contribution in [1.29, 1.82) is 0 Å². The number of rotatable bonds is 0. The van der Waals surface area contributed by atoms with Gasteiger partial charge in [-0.2, -0.15) is 0 Å². The van der Waals surface area contributed by atoms with Gasteiger partial charge in [0.25, 0.3) is 0 Å². The molecule has 6 heteroatoms. The van der Waals surface area contributed by atoms with E-state index in [9.17, 15) is 0 Å². The summed E-state index contributed by atoms with van der Waals surface area (Å²) >= 11 is 3.83. The van der Waals surface area contributed by atoms with Gasteiger partial charge in [0.1, 0.15) is 5.03 Å². The number of hydrogen-bond donors (Lipinski definition) is 2. The third-order valence-electron chi connectivity index (χ3n) is 0.404. The molecule has 0 aliphatic carbocycles. The maximum atomic E-state index is 3.83. The van der Waals surface area contributed by atoms with E-state index in [0.717, 1.165) is 0 Å². The van der Waals surface area contributed by atoms with Gasteiger partial charge in [-0.3, -0.25) is 5.10 Å². The number of nitrogens with one attached hydrogen (secondary N) is 1. The van der Waals surface area contributed by atoms with Crippen LogP contribution in [-0.2, 0) is 0 Å². The van der Waals surface area contributed by atoms with E-state index in [2.05, 4.69) is 28.0 Å². The van der Waals surface area contributed by atoms with Gasteiger partial charge in [-0.1, -0.05) is 5.21 Å². The SMILES string of the molecule is Sc1c[nH]nn1.[NaH].[NaH]. The summed E-state index contributed by atoms with van der Waals surface area (Å²) in [5.41, 5.74) is 0. The first-order chi connectivity index (χ1) is 2.89. The molecule has 0 aromatic carbocycles. The van der Waals surface area contributed by atoms with Crippen molar-refractivity contribution in [2.75, 3.05) is 0 Å². The van der Waals surface area contributed by atoms with Gasteiger partial charge in [-0.25, -0.2) is 0 Å². The van der Waals surface area contributed by atoms with Crippen LogP contribution in [0.2, 0.25) is 0 Å². The first-order valence-electron chi connectivity index (χ1n) is 1.45. The Bertz CT molecular complexity index is 119. The van der Waals surface area contributed by atoms with Gasteiger partial charge in [-0.15, -0.1) is 17.7 Å². The summed E-state index contributed by atoms with van der Waals surface area (Å²) in [7, 11) is 0. The van der Waals surface area contributed by atoms with E-state index < -0.39 is 0 Å². The molecule has 0 unspecified atom stereocenters. The number of H-pyrrole nitrogens is 1. The van der Waals surface area contributed by atoms with Crippen LogP contribution in [0.15, 0.2) is 11.2 Å². The zero-order valence-electron chi connectivity index (χ0n) is 2.92. The monoisotopic (exact) mass is 149 g/mol. The van der Waals surface area contributed by atoms with E-state index in [1.165, 1.54) is 0 Å². The van der Waals surface area contributed by atoms with E-state index in [1.54, 1.807) is 6.20 Å². The van der Waals surface area contributed by atoms with E-state index in [0.29, 0.717) is 5.03 Å². The van der Waals surface area contributed by atoms with Gasteiger partial charge in [-0.05, 0) is 0 Å². The van der Waals surface area contributed by atoms with Crippen molar-refractivity contribution < 1.29 is 0 Å². The molecule has 1 heterocycles. The average Bonchev–Trinajstić information content (AvgIpc) is 1.86. The number of nitrogens with zero attached hydrogens (tertiary/aromatic N) is 2. The summed E-state index contributed by atoms with van der Waals surface area (Å²) in [4.78, 5) is 0. The zero-order valence-corrected chi connectivity index (χ0v) is 3.81. The molecule has 0 saturated carbocycles. The van der Waals surface area contributed by atoms with Crippen LogP contribution in [0.4, 0.5) is 0 Å². The number of hydrogen-bond acceptors (Lipinski definition) is 3. The third kappa shape index (κ3) is 4.38. The molecule has 8 heavy (non-hydrogen) atoms. The fourth-order valence-electron chi connectivity index (χ4n) is 0.196. The summed E-state index contributed by atoms with van der Waals surface area (Å²) in [6, 6.07) is 0. The molecule has 1 aromatic rings. The minimum absolute atomic E-state index is 0. The molecule has 0 amide bonds. The van der Waals surface area contributed by atoms with Crippen LogP contribution in [0.3, 0.4) is 0 Å². The van der Waals surface area contributed by atoms with Crippen LogP contribution in [0.5, 0.6) is 0 Å². The van der Waals surface area contributed by atoms with Crippen molar-refractivity contribution in [1.82, 2.24) is 15.4 Å². The van der Waals surface area contributed by atoms with Crippen LogP contribution in [0.1, 0.15) is 0 Å². The van der Waals surface area contributed by atoms with E-state index in [-0.39, 0.29) is 59.1 Å². The van der Waals surface area contributed by atoms with Crippen LogP contribution >= 0.6 is 12.6 Å². The predicted molar refractivity (Wildman–Crippen MR) is 37.9 cm³/mol.